The smallest absolute Gasteiger partial charge is 0.0626 e. The molecule has 0 aliphatic rings. The summed E-state index contributed by atoms with van der Waals surface area (Å²) >= 11 is 0. The van der Waals surface area contributed by atoms with E-state index in [9.17, 15) is 4.91 Å². The number of anilines is 1. The lowest BCUT2D eigenvalue weighted by atomic mass is 10.2. The Labute approximate surface area is 84.7 Å². The van der Waals surface area contributed by atoms with E-state index in [1.807, 2.05) is 30.3 Å². The number of hydrogen-bond acceptors (Lipinski definition) is 2. The molecule has 0 unspecified atom stereocenters. The van der Waals surface area contributed by atoms with Crippen molar-refractivity contribution in [3.05, 3.63) is 35.2 Å². The van der Waals surface area contributed by atoms with Crippen LogP contribution in [0.3, 0.4) is 0 Å². The number of nitrogens with zero attached hydrogens (tertiary/aromatic N) is 2. The van der Waals surface area contributed by atoms with Crippen LogP contribution in [0.25, 0.3) is 0 Å². The standard InChI is InChI=1S/C11H16N2O/c1-2-3-7-10-13(12-14)11-8-5-4-6-9-11/h4-6,8-9H,2-3,7,10H2,1H3. The molecule has 0 spiro atoms. The molecule has 0 N–H and O–H groups in total. The highest BCUT2D eigenvalue weighted by atomic mass is 16.3. The molecule has 3 nitrogen and oxygen atoms in total. The van der Waals surface area contributed by atoms with Crippen LogP contribution < -0.4 is 5.01 Å². The summed E-state index contributed by atoms with van der Waals surface area (Å²) in [7, 11) is 0. The van der Waals surface area contributed by atoms with Crippen LogP contribution in [0, 0.1) is 4.91 Å². The molecule has 0 atom stereocenters. The molecule has 1 aromatic rings. The van der Waals surface area contributed by atoms with Gasteiger partial charge in [-0.15, -0.1) is 4.91 Å². The van der Waals surface area contributed by atoms with Crippen molar-refractivity contribution in [2.45, 2.75) is 26.2 Å². The van der Waals surface area contributed by atoms with Crippen molar-refractivity contribution in [1.29, 1.82) is 0 Å². The van der Waals surface area contributed by atoms with Crippen molar-refractivity contribution in [2.75, 3.05) is 11.6 Å². The minimum atomic E-state index is 0.710. The normalized spacial score (nSPS) is 9.79. The van der Waals surface area contributed by atoms with Crippen LogP contribution in [0.5, 0.6) is 0 Å². The third kappa shape index (κ3) is 3.17. The quantitative estimate of drug-likeness (QED) is 0.393. The maximum Gasteiger partial charge on any atom is 0.0626 e. The third-order valence-corrected chi connectivity index (χ3v) is 2.13. The predicted molar refractivity (Wildman–Crippen MR) is 59.1 cm³/mol. The van der Waals surface area contributed by atoms with E-state index in [0.29, 0.717) is 6.54 Å². The van der Waals surface area contributed by atoms with E-state index in [0.717, 1.165) is 24.9 Å². The summed E-state index contributed by atoms with van der Waals surface area (Å²) in [4.78, 5) is 10.6. The largest absolute Gasteiger partial charge is 0.229 e. The Morgan fingerprint density at radius 1 is 1.21 bits per heavy atom. The lowest BCUT2D eigenvalue weighted by Gasteiger charge is -2.14. The van der Waals surface area contributed by atoms with E-state index < -0.39 is 0 Å². The number of nitroso groups, excluding NO2 is 1. The topological polar surface area (TPSA) is 32.7 Å². The number of benzene rings is 1. The van der Waals surface area contributed by atoms with Gasteiger partial charge in [-0.25, -0.2) is 5.01 Å². The van der Waals surface area contributed by atoms with Gasteiger partial charge in [0, 0.05) is 6.54 Å². The zero-order chi connectivity index (χ0) is 10.2. The number of para-hydroxylation sites is 1. The van der Waals surface area contributed by atoms with Gasteiger partial charge in [-0.05, 0) is 18.6 Å². The lowest BCUT2D eigenvalue weighted by molar-refractivity contribution is 0.687. The van der Waals surface area contributed by atoms with Crippen LogP contribution in [-0.4, -0.2) is 6.54 Å². The molecule has 0 aliphatic heterocycles. The maximum atomic E-state index is 10.6. The van der Waals surface area contributed by atoms with Gasteiger partial charge in [-0.1, -0.05) is 38.0 Å². The third-order valence-electron chi connectivity index (χ3n) is 2.13. The fraction of sp³-hybridized carbons (Fsp3) is 0.455. The molecule has 3 heteroatoms. The van der Waals surface area contributed by atoms with Crippen molar-refractivity contribution in [2.24, 2.45) is 5.29 Å². The predicted octanol–water partition coefficient (Wildman–Crippen LogP) is 3.36. The van der Waals surface area contributed by atoms with Crippen LogP contribution in [-0.2, 0) is 0 Å². The molecule has 0 fully saturated rings. The second kappa shape index (κ2) is 6.13. The van der Waals surface area contributed by atoms with Crippen LogP contribution in [0.4, 0.5) is 5.69 Å². The molecule has 0 aliphatic carbocycles. The molecule has 0 amide bonds. The van der Waals surface area contributed by atoms with Gasteiger partial charge < -0.3 is 0 Å². The molecule has 0 saturated heterocycles. The van der Waals surface area contributed by atoms with Gasteiger partial charge in [-0.3, -0.25) is 0 Å². The van der Waals surface area contributed by atoms with Crippen molar-refractivity contribution < 1.29 is 0 Å². The number of hydrogen-bond donors (Lipinski definition) is 0. The van der Waals surface area contributed by atoms with Crippen molar-refractivity contribution in [3.63, 3.8) is 0 Å². The van der Waals surface area contributed by atoms with Gasteiger partial charge in [0.25, 0.3) is 0 Å². The lowest BCUT2D eigenvalue weighted by Crippen LogP contribution is -2.16. The van der Waals surface area contributed by atoms with E-state index in [-0.39, 0.29) is 0 Å². The Kier molecular flexibility index (Phi) is 4.69. The van der Waals surface area contributed by atoms with E-state index in [1.165, 1.54) is 5.01 Å². The summed E-state index contributed by atoms with van der Waals surface area (Å²) in [6.07, 6.45) is 3.30. The molecular formula is C11H16N2O. The SMILES string of the molecule is CCCCCN(N=O)c1ccccc1. The Bertz CT molecular complexity index is 261. The summed E-state index contributed by atoms with van der Waals surface area (Å²) in [5.41, 5.74) is 0.874. The van der Waals surface area contributed by atoms with Crippen LogP contribution in [0.2, 0.25) is 0 Å². The van der Waals surface area contributed by atoms with E-state index >= 15 is 0 Å². The fourth-order valence-electron chi connectivity index (χ4n) is 1.33. The molecule has 14 heavy (non-hydrogen) atoms. The highest BCUT2D eigenvalue weighted by molar-refractivity contribution is 5.44. The first-order valence-electron chi connectivity index (χ1n) is 5.04. The molecule has 1 aromatic carbocycles. The van der Waals surface area contributed by atoms with Crippen molar-refractivity contribution in [3.8, 4) is 0 Å². The van der Waals surface area contributed by atoms with E-state index in [2.05, 4.69) is 12.2 Å². The molecule has 0 bridgehead atoms. The van der Waals surface area contributed by atoms with Gasteiger partial charge in [-0.2, -0.15) is 0 Å². The average Bonchev–Trinajstić information content (AvgIpc) is 2.26. The van der Waals surface area contributed by atoms with Crippen LogP contribution in [0.15, 0.2) is 35.6 Å². The Hall–Kier alpha value is -1.38. The second-order valence-corrected chi connectivity index (χ2v) is 3.25. The Morgan fingerprint density at radius 3 is 2.50 bits per heavy atom. The summed E-state index contributed by atoms with van der Waals surface area (Å²) < 4.78 is 0. The first-order valence-corrected chi connectivity index (χ1v) is 5.04. The van der Waals surface area contributed by atoms with Gasteiger partial charge in [0.2, 0.25) is 0 Å². The number of unbranched alkanes of at least 4 members (excludes halogenated alkanes) is 2. The monoisotopic (exact) mass is 192 g/mol. The molecule has 0 saturated carbocycles. The van der Waals surface area contributed by atoms with Crippen molar-refractivity contribution in [1.82, 2.24) is 0 Å². The highest BCUT2D eigenvalue weighted by Crippen LogP contribution is 2.14. The molecule has 0 aromatic heterocycles. The van der Waals surface area contributed by atoms with Gasteiger partial charge in [0.05, 0.1) is 11.0 Å². The van der Waals surface area contributed by atoms with Gasteiger partial charge >= 0.3 is 0 Å². The second-order valence-electron chi connectivity index (χ2n) is 3.25. The molecular weight excluding hydrogens is 176 g/mol. The van der Waals surface area contributed by atoms with Crippen LogP contribution in [0.1, 0.15) is 26.2 Å². The summed E-state index contributed by atoms with van der Waals surface area (Å²) in [6.45, 7) is 2.85. The molecule has 0 radical (unpaired) electrons. The molecule has 1 rings (SSSR count). The zero-order valence-corrected chi connectivity index (χ0v) is 8.52. The molecule has 0 heterocycles. The first kappa shape index (κ1) is 10.7. The minimum Gasteiger partial charge on any atom is -0.229 e. The highest BCUT2D eigenvalue weighted by Gasteiger charge is 2.03. The minimum absolute atomic E-state index is 0.710. The average molecular weight is 192 g/mol. The maximum absolute atomic E-state index is 10.6. The Balaban J connectivity index is 2.50. The number of rotatable bonds is 6. The van der Waals surface area contributed by atoms with Gasteiger partial charge in [0.1, 0.15) is 0 Å². The zero-order valence-electron chi connectivity index (χ0n) is 8.52. The summed E-state index contributed by atoms with van der Waals surface area (Å²) in [5.74, 6) is 0. The Morgan fingerprint density at radius 2 is 1.93 bits per heavy atom. The fourth-order valence-corrected chi connectivity index (χ4v) is 1.33. The van der Waals surface area contributed by atoms with Crippen LogP contribution >= 0.6 is 0 Å². The van der Waals surface area contributed by atoms with E-state index in [1.54, 1.807) is 0 Å². The molecule has 76 valence electrons. The van der Waals surface area contributed by atoms with E-state index in [4.69, 9.17) is 0 Å². The summed E-state index contributed by atoms with van der Waals surface area (Å²) in [5, 5.41) is 4.52. The first-order chi connectivity index (χ1) is 6.88. The van der Waals surface area contributed by atoms with Gasteiger partial charge in [0.15, 0.2) is 0 Å². The van der Waals surface area contributed by atoms with Crippen molar-refractivity contribution >= 4 is 5.69 Å². The summed E-state index contributed by atoms with van der Waals surface area (Å²) in [6, 6.07) is 9.54.